The smallest absolute Gasteiger partial charge is 0.416 e. The summed E-state index contributed by atoms with van der Waals surface area (Å²) in [7, 11) is 0. The fourth-order valence-corrected chi connectivity index (χ4v) is 2.20. The Hall–Kier alpha value is -2.27. The van der Waals surface area contributed by atoms with Gasteiger partial charge in [0.05, 0.1) is 5.56 Å². The van der Waals surface area contributed by atoms with Gasteiger partial charge < -0.3 is 5.11 Å². The Balaban J connectivity index is 2.40. The van der Waals surface area contributed by atoms with E-state index in [9.17, 15) is 18.0 Å². The second-order valence-corrected chi connectivity index (χ2v) is 4.90. The Kier molecular flexibility index (Phi) is 4.56. The summed E-state index contributed by atoms with van der Waals surface area (Å²) < 4.78 is 38.2. The molecule has 0 aliphatic carbocycles. The SMILES string of the molecule is O=C(O)/C=C/c1ccc(-c2cccc(C(F)(F)F)c2)c(Cl)c1. The Labute approximate surface area is 129 Å². The monoisotopic (exact) mass is 326 g/mol. The molecule has 2 aromatic rings. The normalized spacial score (nSPS) is 11.8. The molecule has 0 radical (unpaired) electrons. The first-order valence-electron chi connectivity index (χ1n) is 6.15. The van der Waals surface area contributed by atoms with Gasteiger partial charge in [-0.3, -0.25) is 0 Å². The minimum atomic E-state index is -4.42. The summed E-state index contributed by atoms with van der Waals surface area (Å²) >= 11 is 6.08. The molecule has 2 rings (SSSR count). The van der Waals surface area contributed by atoms with Crippen LogP contribution in [0.15, 0.2) is 48.5 Å². The van der Waals surface area contributed by atoms with Gasteiger partial charge in [-0.2, -0.15) is 13.2 Å². The highest BCUT2D eigenvalue weighted by Crippen LogP contribution is 2.34. The maximum atomic E-state index is 12.7. The minimum absolute atomic E-state index is 0.242. The van der Waals surface area contributed by atoms with Crippen LogP contribution in [0.25, 0.3) is 17.2 Å². The number of carbonyl (C=O) groups is 1. The molecule has 0 aromatic heterocycles. The van der Waals surface area contributed by atoms with E-state index < -0.39 is 17.7 Å². The molecule has 0 fully saturated rings. The highest BCUT2D eigenvalue weighted by atomic mass is 35.5. The van der Waals surface area contributed by atoms with Crippen molar-refractivity contribution < 1.29 is 23.1 Å². The molecule has 0 saturated heterocycles. The van der Waals surface area contributed by atoms with E-state index in [4.69, 9.17) is 16.7 Å². The molecule has 2 aromatic carbocycles. The van der Waals surface area contributed by atoms with E-state index in [0.29, 0.717) is 16.7 Å². The van der Waals surface area contributed by atoms with Gasteiger partial charge in [0.2, 0.25) is 0 Å². The van der Waals surface area contributed by atoms with Gasteiger partial charge in [-0.1, -0.05) is 35.9 Å². The molecule has 0 aliphatic rings. The molecule has 2 nitrogen and oxygen atoms in total. The quantitative estimate of drug-likeness (QED) is 0.794. The van der Waals surface area contributed by atoms with Crippen LogP contribution in [0.4, 0.5) is 13.2 Å². The fourth-order valence-electron chi connectivity index (χ4n) is 1.90. The van der Waals surface area contributed by atoms with Gasteiger partial charge in [0.25, 0.3) is 0 Å². The van der Waals surface area contributed by atoms with Gasteiger partial charge in [-0.15, -0.1) is 0 Å². The highest BCUT2D eigenvalue weighted by molar-refractivity contribution is 6.33. The van der Waals surface area contributed by atoms with Gasteiger partial charge >= 0.3 is 12.1 Å². The highest BCUT2D eigenvalue weighted by Gasteiger charge is 2.30. The molecular weight excluding hydrogens is 317 g/mol. The topological polar surface area (TPSA) is 37.3 Å². The maximum Gasteiger partial charge on any atom is 0.416 e. The maximum absolute atomic E-state index is 12.7. The molecule has 0 spiro atoms. The third-order valence-corrected chi connectivity index (χ3v) is 3.23. The number of hydrogen-bond acceptors (Lipinski definition) is 1. The number of benzene rings is 2. The number of hydrogen-bond donors (Lipinski definition) is 1. The summed E-state index contributed by atoms with van der Waals surface area (Å²) in [4.78, 5) is 10.5. The molecule has 1 N–H and O–H groups in total. The number of rotatable bonds is 3. The van der Waals surface area contributed by atoms with Gasteiger partial charge in [0.1, 0.15) is 0 Å². The molecule has 0 saturated carbocycles. The lowest BCUT2D eigenvalue weighted by molar-refractivity contribution is -0.137. The lowest BCUT2D eigenvalue weighted by Gasteiger charge is -2.10. The molecule has 6 heteroatoms. The van der Waals surface area contributed by atoms with E-state index in [1.54, 1.807) is 12.1 Å². The van der Waals surface area contributed by atoms with E-state index in [1.165, 1.54) is 24.3 Å². The van der Waals surface area contributed by atoms with E-state index >= 15 is 0 Å². The first-order valence-corrected chi connectivity index (χ1v) is 6.53. The lowest BCUT2D eigenvalue weighted by Crippen LogP contribution is -2.04. The van der Waals surface area contributed by atoms with Crippen molar-refractivity contribution in [2.75, 3.05) is 0 Å². The number of carboxylic acids is 1. The third kappa shape index (κ3) is 3.89. The van der Waals surface area contributed by atoms with Crippen LogP contribution in [0, 0.1) is 0 Å². The summed E-state index contributed by atoms with van der Waals surface area (Å²) in [5.74, 6) is -1.10. The standard InChI is InChI=1S/C16H10ClF3O2/c17-14-8-10(5-7-15(21)22)4-6-13(14)11-2-1-3-12(9-11)16(18,19)20/h1-9H,(H,21,22)/b7-5+. The minimum Gasteiger partial charge on any atom is -0.478 e. The number of alkyl halides is 3. The predicted octanol–water partition coefficient (Wildman–Crippen LogP) is 5.12. The molecule has 0 unspecified atom stereocenters. The van der Waals surface area contributed by atoms with Crippen LogP contribution in [-0.2, 0) is 11.0 Å². The molecule has 0 heterocycles. The second-order valence-electron chi connectivity index (χ2n) is 4.49. The van der Waals surface area contributed by atoms with Gasteiger partial charge in [-0.25, -0.2) is 4.79 Å². The van der Waals surface area contributed by atoms with E-state index in [0.717, 1.165) is 18.2 Å². The Morgan fingerprint density at radius 3 is 2.45 bits per heavy atom. The number of halogens is 4. The predicted molar refractivity (Wildman–Crippen MR) is 78.6 cm³/mol. The second kappa shape index (κ2) is 6.23. The number of carboxylic acid groups (broad SMARTS) is 1. The zero-order valence-corrected chi connectivity index (χ0v) is 11.8. The summed E-state index contributed by atoms with van der Waals surface area (Å²) in [6.45, 7) is 0. The van der Waals surface area contributed by atoms with Crippen molar-refractivity contribution in [3.63, 3.8) is 0 Å². The van der Waals surface area contributed by atoms with Crippen molar-refractivity contribution in [3.8, 4) is 11.1 Å². The molecular formula is C16H10ClF3O2. The van der Waals surface area contributed by atoms with Crippen LogP contribution in [0.5, 0.6) is 0 Å². The van der Waals surface area contributed by atoms with E-state index in [2.05, 4.69) is 0 Å². The van der Waals surface area contributed by atoms with Crippen LogP contribution < -0.4 is 0 Å². The molecule has 22 heavy (non-hydrogen) atoms. The van der Waals surface area contributed by atoms with Crippen molar-refractivity contribution in [1.82, 2.24) is 0 Å². The summed E-state index contributed by atoms with van der Waals surface area (Å²) in [5.41, 5.74) is 0.577. The van der Waals surface area contributed by atoms with Gasteiger partial charge in [-0.05, 0) is 35.4 Å². The Bertz CT molecular complexity index is 736. The molecule has 0 atom stereocenters. The first kappa shape index (κ1) is 16.1. The van der Waals surface area contributed by atoms with Crippen molar-refractivity contribution in [3.05, 3.63) is 64.7 Å². The van der Waals surface area contributed by atoms with Crippen molar-refractivity contribution >= 4 is 23.6 Å². The van der Waals surface area contributed by atoms with Crippen LogP contribution in [0.3, 0.4) is 0 Å². The van der Waals surface area contributed by atoms with Gasteiger partial charge in [0, 0.05) is 16.7 Å². The zero-order valence-electron chi connectivity index (χ0n) is 11.1. The average molecular weight is 327 g/mol. The zero-order chi connectivity index (χ0) is 16.3. The van der Waals surface area contributed by atoms with Crippen molar-refractivity contribution in [1.29, 1.82) is 0 Å². The van der Waals surface area contributed by atoms with Crippen LogP contribution in [-0.4, -0.2) is 11.1 Å². The van der Waals surface area contributed by atoms with Gasteiger partial charge in [0.15, 0.2) is 0 Å². The van der Waals surface area contributed by atoms with Crippen molar-refractivity contribution in [2.45, 2.75) is 6.18 Å². The molecule has 0 aliphatic heterocycles. The Morgan fingerprint density at radius 1 is 1.14 bits per heavy atom. The Morgan fingerprint density at radius 2 is 1.86 bits per heavy atom. The van der Waals surface area contributed by atoms with Crippen LogP contribution >= 0.6 is 11.6 Å². The number of aliphatic carboxylic acids is 1. The fraction of sp³-hybridized carbons (Fsp3) is 0.0625. The molecule has 114 valence electrons. The average Bonchev–Trinajstić information content (AvgIpc) is 2.44. The van der Waals surface area contributed by atoms with Crippen LogP contribution in [0.1, 0.15) is 11.1 Å². The summed E-state index contributed by atoms with van der Waals surface area (Å²) in [5, 5.41) is 8.80. The van der Waals surface area contributed by atoms with Crippen LogP contribution in [0.2, 0.25) is 5.02 Å². The van der Waals surface area contributed by atoms with Crippen molar-refractivity contribution in [2.24, 2.45) is 0 Å². The molecule has 0 bridgehead atoms. The largest absolute Gasteiger partial charge is 0.478 e. The van der Waals surface area contributed by atoms with E-state index in [-0.39, 0.29) is 5.02 Å². The molecule has 0 amide bonds. The summed E-state index contributed by atoms with van der Waals surface area (Å²) in [6, 6.07) is 9.49. The van der Waals surface area contributed by atoms with E-state index in [1.807, 2.05) is 0 Å². The lowest BCUT2D eigenvalue weighted by atomic mass is 10.0. The third-order valence-electron chi connectivity index (χ3n) is 2.91. The summed E-state index contributed by atoms with van der Waals surface area (Å²) in [6.07, 6.45) is -2.12. The first-order chi connectivity index (χ1) is 10.3.